The van der Waals surface area contributed by atoms with Crippen molar-refractivity contribution < 1.29 is 17.5 Å². The minimum atomic E-state index is -3.35. The monoisotopic (exact) mass is 314 g/mol. The van der Waals surface area contributed by atoms with Gasteiger partial charge in [0.05, 0.1) is 18.2 Å². The number of hydrogen-bond acceptors (Lipinski definition) is 4. The number of rotatable bonds is 5. The van der Waals surface area contributed by atoms with Crippen LogP contribution >= 0.6 is 0 Å². The first kappa shape index (κ1) is 16.1. The van der Waals surface area contributed by atoms with Crippen molar-refractivity contribution in [3.63, 3.8) is 0 Å². The SMILES string of the molecule is CO[C@H](c1ccc(C2CC=CS(=O)(=O)N2)cc1)[C@H](N)CF. The van der Waals surface area contributed by atoms with Crippen LogP contribution in [0.5, 0.6) is 0 Å². The van der Waals surface area contributed by atoms with Gasteiger partial charge in [-0.3, -0.25) is 0 Å². The molecular weight excluding hydrogens is 295 g/mol. The molecule has 0 amide bonds. The first-order valence-corrected chi connectivity index (χ1v) is 8.14. The van der Waals surface area contributed by atoms with Gasteiger partial charge < -0.3 is 10.5 Å². The molecule has 1 heterocycles. The molecule has 3 atom stereocenters. The topological polar surface area (TPSA) is 81.4 Å². The van der Waals surface area contributed by atoms with Gasteiger partial charge >= 0.3 is 0 Å². The summed E-state index contributed by atoms with van der Waals surface area (Å²) in [7, 11) is -1.87. The molecule has 116 valence electrons. The average molecular weight is 314 g/mol. The zero-order valence-corrected chi connectivity index (χ0v) is 12.5. The Kier molecular flexibility index (Phi) is 5.10. The van der Waals surface area contributed by atoms with Gasteiger partial charge in [-0.15, -0.1) is 0 Å². The molecule has 5 nitrogen and oxygen atoms in total. The van der Waals surface area contributed by atoms with E-state index in [1.165, 1.54) is 12.5 Å². The quantitative estimate of drug-likeness (QED) is 0.864. The van der Waals surface area contributed by atoms with Crippen LogP contribution < -0.4 is 10.5 Å². The van der Waals surface area contributed by atoms with Gasteiger partial charge in [0.2, 0.25) is 10.0 Å². The van der Waals surface area contributed by atoms with Crippen molar-refractivity contribution in [2.75, 3.05) is 13.8 Å². The lowest BCUT2D eigenvalue weighted by Crippen LogP contribution is -2.32. The number of nitrogens with two attached hydrogens (primary N) is 1. The molecule has 21 heavy (non-hydrogen) atoms. The van der Waals surface area contributed by atoms with Gasteiger partial charge in [-0.1, -0.05) is 30.3 Å². The van der Waals surface area contributed by atoms with E-state index in [-0.39, 0.29) is 6.04 Å². The van der Waals surface area contributed by atoms with Crippen LogP contribution in [0.4, 0.5) is 4.39 Å². The molecule has 1 aromatic rings. The maximum absolute atomic E-state index is 12.7. The number of benzene rings is 1. The molecule has 0 radical (unpaired) electrons. The highest BCUT2D eigenvalue weighted by atomic mass is 32.2. The second-order valence-corrected chi connectivity index (χ2v) is 6.56. The molecule has 7 heteroatoms. The lowest BCUT2D eigenvalue weighted by Gasteiger charge is -2.23. The van der Waals surface area contributed by atoms with E-state index in [9.17, 15) is 12.8 Å². The summed E-state index contributed by atoms with van der Waals surface area (Å²) in [4.78, 5) is 0. The molecule has 0 saturated heterocycles. The Morgan fingerprint density at radius 3 is 2.62 bits per heavy atom. The minimum Gasteiger partial charge on any atom is -0.375 e. The molecule has 3 N–H and O–H groups in total. The highest BCUT2D eigenvalue weighted by Gasteiger charge is 2.22. The Hall–Kier alpha value is -1.28. The molecule has 1 aliphatic heterocycles. The number of sulfonamides is 1. The van der Waals surface area contributed by atoms with Crippen molar-refractivity contribution in [1.29, 1.82) is 0 Å². The largest absolute Gasteiger partial charge is 0.375 e. The Bertz CT molecular complexity index is 601. The van der Waals surface area contributed by atoms with Crippen molar-refractivity contribution >= 4 is 10.0 Å². The van der Waals surface area contributed by atoms with Crippen LogP contribution in [0.2, 0.25) is 0 Å². The van der Waals surface area contributed by atoms with E-state index in [1.807, 2.05) is 0 Å². The lowest BCUT2D eigenvalue weighted by atomic mass is 9.98. The molecule has 0 bridgehead atoms. The minimum absolute atomic E-state index is 0.287. The van der Waals surface area contributed by atoms with Crippen molar-refractivity contribution in [3.8, 4) is 0 Å². The zero-order valence-electron chi connectivity index (χ0n) is 11.7. The molecular formula is C14H19FN2O3S. The number of ether oxygens (including phenoxy) is 1. The molecule has 0 saturated carbocycles. The molecule has 0 fully saturated rings. The molecule has 2 rings (SSSR count). The maximum Gasteiger partial charge on any atom is 0.233 e. The summed E-state index contributed by atoms with van der Waals surface area (Å²) in [5, 5.41) is 1.17. The van der Waals surface area contributed by atoms with Crippen LogP contribution in [-0.2, 0) is 14.8 Å². The first-order chi connectivity index (χ1) is 9.96. The van der Waals surface area contributed by atoms with Gasteiger partial charge in [0.1, 0.15) is 6.67 Å². The summed E-state index contributed by atoms with van der Waals surface area (Å²) in [5.41, 5.74) is 7.28. The fourth-order valence-corrected chi connectivity index (χ4v) is 3.44. The van der Waals surface area contributed by atoms with E-state index in [0.717, 1.165) is 11.1 Å². The van der Waals surface area contributed by atoms with Gasteiger partial charge in [-0.25, -0.2) is 17.5 Å². The van der Waals surface area contributed by atoms with E-state index in [4.69, 9.17) is 10.5 Å². The fraction of sp³-hybridized carbons (Fsp3) is 0.429. The highest BCUT2D eigenvalue weighted by molar-refractivity contribution is 7.92. The van der Waals surface area contributed by atoms with Crippen molar-refractivity contribution in [2.24, 2.45) is 5.73 Å². The Morgan fingerprint density at radius 1 is 1.43 bits per heavy atom. The Labute approximate surface area is 124 Å². The number of halogens is 1. The third-order valence-corrected chi connectivity index (χ3v) is 4.61. The summed E-state index contributed by atoms with van der Waals surface area (Å²) in [6, 6.07) is 6.16. The van der Waals surface area contributed by atoms with E-state index >= 15 is 0 Å². The molecule has 0 aliphatic carbocycles. The highest BCUT2D eigenvalue weighted by Crippen LogP contribution is 2.26. The van der Waals surface area contributed by atoms with Crippen LogP contribution in [0, 0.1) is 0 Å². The van der Waals surface area contributed by atoms with Crippen molar-refractivity contribution in [3.05, 3.63) is 46.9 Å². The standard InChI is InChI=1S/C14H19FN2O3S/c1-20-14(12(16)9-15)11-6-4-10(5-7-11)13-3-2-8-21(18,19)17-13/h2,4-8,12-14,17H,3,9,16H2,1H3/t12-,13?,14-/m1/s1. The third-order valence-electron chi connectivity index (χ3n) is 3.44. The third kappa shape index (κ3) is 3.88. The number of nitrogens with one attached hydrogen (secondary N) is 1. The van der Waals surface area contributed by atoms with Gasteiger partial charge in [-0.2, -0.15) is 0 Å². The second kappa shape index (κ2) is 6.65. The van der Waals surface area contributed by atoms with Crippen LogP contribution in [0.25, 0.3) is 0 Å². The summed E-state index contributed by atoms with van der Waals surface area (Å²) < 4.78 is 43.5. The average Bonchev–Trinajstić information content (AvgIpc) is 2.47. The Balaban J connectivity index is 2.17. The predicted octanol–water partition coefficient (Wildman–Crippen LogP) is 1.55. The van der Waals surface area contributed by atoms with Crippen LogP contribution in [-0.4, -0.2) is 28.2 Å². The number of hydrogen-bond donors (Lipinski definition) is 2. The molecule has 1 unspecified atom stereocenters. The molecule has 1 aromatic carbocycles. The van der Waals surface area contributed by atoms with E-state index in [0.29, 0.717) is 6.42 Å². The van der Waals surface area contributed by atoms with Crippen LogP contribution in [0.3, 0.4) is 0 Å². The summed E-state index contributed by atoms with van der Waals surface area (Å²) in [5.74, 6) is 0. The van der Waals surface area contributed by atoms with Crippen LogP contribution in [0.1, 0.15) is 29.7 Å². The van der Waals surface area contributed by atoms with Crippen molar-refractivity contribution in [1.82, 2.24) is 4.72 Å². The normalized spacial score (nSPS) is 23.7. The fourth-order valence-electron chi connectivity index (χ4n) is 2.37. The van der Waals surface area contributed by atoms with E-state index < -0.39 is 28.8 Å². The van der Waals surface area contributed by atoms with E-state index in [1.54, 1.807) is 30.3 Å². The van der Waals surface area contributed by atoms with Gasteiger partial charge in [-0.05, 0) is 17.5 Å². The van der Waals surface area contributed by atoms with Gasteiger partial charge in [0.25, 0.3) is 0 Å². The number of alkyl halides is 1. The predicted molar refractivity (Wildman–Crippen MR) is 78.7 cm³/mol. The maximum atomic E-state index is 12.7. The van der Waals surface area contributed by atoms with Crippen molar-refractivity contribution in [2.45, 2.75) is 24.6 Å². The van der Waals surface area contributed by atoms with Crippen LogP contribution in [0.15, 0.2) is 35.7 Å². The summed E-state index contributed by atoms with van der Waals surface area (Å²) >= 11 is 0. The van der Waals surface area contributed by atoms with Gasteiger partial charge in [0, 0.05) is 12.5 Å². The summed E-state index contributed by atoms with van der Waals surface area (Å²) in [6.45, 7) is -0.673. The molecule has 0 spiro atoms. The smallest absolute Gasteiger partial charge is 0.233 e. The zero-order chi connectivity index (χ0) is 15.5. The summed E-state index contributed by atoms with van der Waals surface area (Å²) in [6.07, 6.45) is 1.70. The van der Waals surface area contributed by atoms with E-state index in [2.05, 4.69) is 4.72 Å². The number of methoxy groups -OCH3 is 1. The second-order valence-electron chi connectivity index (χ2n) is 4.96. The van der Waals surface area contributed by atoms with Gasteiger partial charge in [0.15, 0.2) is 0 Å². The first-order valence-electron chi connectivity index (χ1n) is 6.60. The Morgan fingerprint density at radius 2 is 2.10 bits per heavy atom. The molecule has 0 aromatic heterocycles. The molecule has 1 aliphatic rings. The lowest BCUT2D eigenvalue weighted by molar-refractivity contribution is 0.0720.